The van der Waals surface area contributed by atoms with Crippen molar-refractivity contribution in [3.63, 3.8) is 0 Å². The van der Waals surface area contributed by atoms with E-state index >= 15 is 4.79 Å². The summed E-state index contributed by atoms with van der Waals surface area (Å²) in [6.45, 7) is 13.1. The van der Waals surface area contributed by atoms with Crippen molar-refractivity contribution < 1.29 is 38.5 Å². The lowest BCUT2D eigenvalue weighted by atomic mass is 9.70. The van der Waals surface area contributed by atoms with Crippen molar-refractivity contribution in [1.29, 1.82) is 0 Å². The molecule has 3 aliphatic rings. The Morgan fingerprint density at radius 3 is 2.53 bits per heavy atom. The third kappa shape index (κ3) is 7.67. The number of anilines is 1. The zero-order valence-corrected chi connectivity index (χ0v) is 31.8. The van der Waals surface area contributed by atoms with Crippen LogP contribution in [-0.2, 0) is 33.4 Å². The van der Waals surface area contributed by atoms with Crippen LogP contribution in [0, 0.1) is 24.7 Å². The van der Waals surface area contributed by atoms with Gasteiger partial charge in [0.25, 0.3) is 5.91 Å². The van der Waals surface area contributed by atoms with Crippen molar-refractivity contribution in [1.82, 2.24) is 10.2 Å². The largest absolute Gasteiger partial charge is 0.455 e. The maximum absolute atomic E-state index is 15.1. The number of hydrogen-bond acceptors (Lipinski definition) is 8. The van der Waals surface area contributed by atoms with Crippen LogP contribution in [0.4, 0.5) is 5.69 Å². The van der Waals surface area contributed by atoms with Gasteiger partial charge in [-0.15, -0.1) is 13.2 Å². The maximum atomic E-state index is 15.1. The minimum atomic E-state index is -1.37. The van der Waals surface area contributed by atoms with E-state index in [1.807, 2.05) is 45.0 Å². The van der Waals surface area contributed by atoms with Gasteiger partial charge in [-0.05, 0) is 49.3 Å². The molecule has 3 amide bonds. The number of allylic oxidation sites excluding steroid dienone is 1. The second-order valence-corrected chi connectivity index (χ2v) is 14.7. The highest BCUT2D eigenvalue weighted by molar-refractivity contribution is 6.34. The molecule has 11 nitrogen and oxygen atoms in total. The van der Waals surface area contributed by atoms with Crippen LogP contribution in [0.25, 0.3) is 0 Å². The maximum Gasteiger partial charge on any atom is 0.313 e. The van der Waals surface area contributed by atoms with Gasteiger partial charge in [-0.3, -0.25) is 19.2 Å². The van der Waals surface area contributed by atoms with E-state index in [2.05, 4.69) is 18.5 Å². The van der Waals surface area contributed by atoms with Gasteiger partial charge < -0.3 is 34.4 Å². The number of nitrogens with one attached hydrogen (secondary N) is 1. The second-order valence-electron chi connectivity index (χ2n) is 14.3. The van der Waals surface area contributed by atoms with Gasteiger partial charge in [-0.2, -0.15) is 0 Å². The summed E-state index contributed by atoms with van der Waals surface area (Å²) in [6, 6.07) is 11.8. The van der Waals surface area contributed by atoms with Crippen LogP contribution in [0.2, 0.25) is 5.02 Å². The molecule has 3 fully saturated rings. The normalized spacial score (nSPS) is 25.2. The average Bonchev–Trinajstić information content (AvgIpc) is 3.80. The SMILES string of the molecule is C=CCCC(=O)N[C@H](COC)[C@H](OC(=O)[C@@H]1[C@H]2C(=O)N([C@@H](CO)[C@@H](C)CC)[C@H](C(=O)N(CC=C)c3c(C)cccc3Cl)[C@]23CC[C@H]1O3)c1ccccc1. The molecule has 3 aliphatic heterocycles. The van der Waals surface area contributed by atoms with Gasteiger partial charge in [0, 0.05) is 20.1 Å². The number of aliphatic hydroxyl groups excluding tert-OH is 1. The third-order valence-electron chi connectivity index (χ3n) is 11.1. The quantitative estimate of drug-likeness (QED) is 0.154. The number of aliphatic hydroxyl groups is 1. The van der Waals surface area contributed by atoms with Crippen molar-refractivity contribution in [3.8, 4) is 0 Å². The minimum Gasteiger partial charge on any atom is -0.455 e. The second kappa shape index (κ2) is 17.4. The fourth-order valence-electron chi connectivity index (χ4n) is 8.47. The number of para-hydroxylation sites is 1. The summed E-state index contributed by atoms with van der Waals surface area (Å²) in [5, 5.41) is 14.1. The molecule has 5 rings (SSSR count). The number of ether oxygens (including phenoxy) is 3. The fraction of sp³-hybridized carbons (Fsp3) is 0.512. The van der Waals surface area contributed by atoms with Crippen molar-refractivity contribution in [2.24, 2.45) is 17.8 Å². The molecule has 2 aromatic carbocycles. The average molecular weight is 750 g/mol. The number of halogens is 1. The molecular weight excluding hydrogens is 698 g/mol. The number of nitrogens with zero attached hydrogens (tertiary/aromatic N) is 2. The van der Waals surface area contributed by atoms with Gasteiger partial charge in [0.2, 0.25) is 11.8 Å². The molecule has 0 saturated carbocycles. The summed E-state index contributed by atoms with van der Waals surface area (Å²) in [4.78, 5) is 60.6. The zero-order valence-electron chi connectivity index (χ0n) is 31.0. The Kier molecular flexibility index (Phi) is 13.2. The zero-order chi connectivity index (χ0) is 38.4. The molecule has 0 aromatic heterocycles. The molecular formula is C41H52ClN3O8. The number of carbonyl (C=O) groups excluding carboxylic acids is 4. The van der Waals surface area contributed by atoms with Crippen LogP contribution in [-0.4, -0.2) is 90.4 Å². The fourth-order valence-corrected chi connectivity index (χ4v) is 8.79. The van der Waals surface area contributed by atoms with E-state index in [-0.39, 0.29) is 31.4 Å². The smallest absolute Gasteiger partial charge is 0.313 e. The summed E-state index contributed by atoms with van der Waals surface area (Å²) < 4.78 is 18.6. The number of likely N-dealkylation sites (tertiary alicyclic amines) is 1. The van der Waals surface area contributed by atoms with E-state index in [0.717, 1.165) is 5.56 Å². The van der Waals surface area contributed by atoms with E-state index in [9.17, 15) is 19.5 Å². The van der Waals surface area contributed by atoms with Crippen LogP contribution in [0.5, 0.6) is 0 Å². The van der Waals surface area contributed by atoms with Crippen molar-refractivity contribution in [2.45, 2.75) is 88.8 Å². The van der Waals surface area contributed by atoms with E-state index in [1.54, 1.807) is 36.4 Å². The molecule has 2 bridgehead atoms. The summed E-state index contributed by atoms with van der Waals surface area (Å²) >= 11 is 6.71. The topological polar surface area (TPSA) is 135 Å². The van der Waals surface area contributed by atoms with Crippen molar-refractivity contribution in [2.75, 3.05) is 31.8 Å². The molecule has 53 heavy (non-hydrogen) atoms. The van der Waals surface area contributed by atoms with Gasteiger partial charge >= 0.3 is 5.97 Å². The lowest BCUT2D eigenvalue weighted by molar-refractivity contribution is -0.163. The molecule has 0 aliphatic carbocycles. The van der Waals surface area contributed by atoms with Gasteiger partial charge in [0.1, 0.15) is 17.7 Å². The molecule has 2 aromatic rings. The van der Waals surface area contributed by atoms with Gasteiger partial charge in [-0.1, -0.05) is 86.5 Å². The Morgan fingerprint density at radius 2 is 1.91 bits per heavy atom. The first-order chi connectivity index (χ1) is 25.5. The summed E-state index contributed by atoms with van der Waals surface area (Å²) in [7, 11) is 1.50. The van der Waals surface area contributed by atoms with E-state index in [0.29, 0.717) is 42.0 Å². The highest BCUT2D eigenvalue weighted by Crippen LogP contribution is 2.60. The Bertz CT molecular complexity index is 1650. The lowest BCUT2D eigenvalue weighted by Crippen LogP contribution is -2.60. The van der Waals surface area contributed by atoms with E-state index < -0.39 is 72.2 Å². The molecule has 286 valence electrons. The summed E-state index contributed by atoms with van der Waals surface area (Å²) in [5.74, 6) is -4.10. The van der Waals surface area contributed by atoms with Crippen LogP contribution in [0.15, 0.2) is 73.8 Å². The van der Waals surface area contributed by atoms with Crippen molar-refractivity contribution >= 4 is 41.0 Å². The van der Waals surface area contributed by atoms with Crippen LogP contribution in [0.3, 0.4) is 0 Å². The number of esters is 1. The number of fused-ring (bicyclic) bond motifs is 1. The predicted octanol–water partition coefficient (Wildman–Crippen LogP) is 5.33. The molecule has 9 atom stereocenters. The van der Waals surface area contributed by atoms with Crippen LogP contribution in [0.1, 0.15) is 63.2 Å². The molecule has 3 saturated heterocycles. The van der Waals surface area contributed by atoms with Crippen LogP contribution >= 0.6 is 11.6 Å². The molecule has 12 heteroatoms. The van der Waals surface area contributed by atoms with Gasteiger partial charge in [0.05, 0.1) is 53.9 Å². The summed E-state index contributed by atoms with van der Waals surface area (Å²) in [6.07, 6.45) is 3.64. The number of rotatable bonds is 18. The first-order valence-corrected chi connectivity index (χ1v) is 18.8. The number of carbonyl (C=O) groups is 4. The van der Waals surface area contributed by atoms with Gasteiger partial charge in [0.15, 0.2) is 0 Å². The Hall–Kier alpha value is -4.03. The molecule has 3 heterocycles. The lowest BCUT2D eigenvalue weighted by Gasteiger charge is -2.41. The minimum absolute atomic E-state index is 0.0433. The van der Waals surface area contributed by atoms with E-state index in [4.69, 9.17) is 25.8 Å². The number of amides is 3. The number of aryl methyl sites for hydroxylation is 1. The Balaban J connectivity index is 1.57. The molecule has 2 N–H and O–H groups in total. The van der Waals surface area contributed by atoms with Gasteiger partial charge in [-0.25, -0.2) is 0 Å². The number of benzene rings is 2. The first kappa shape index (κ1) is 40.2. The monoisotopic (exact) mass is 749 g/mol. The molecule has 1 spiro atoms. The number of methoxy groups -OCH3 is 1. The Labute approximate surface area is 317 Å². The predicted molar refractivity (Wildman–Crippen MR) is 202 cm³/mol. The first-order valence-electron chi connectivity index (χ1n) is 18.4. The third-order valence-corrected chi connectivity index (χ3v) is 11.4. The highest BCUT2D eigenvalue weighted by atomic mass is 35.5. The molecule has 0 radical (unpaired) electrons. The summed E-state index contributed by atoms with van der Waals surface area (Å²) in [5.41, 5.74) is 0.505. The van der Waals surface area contributed by atoms with Crippen molar-refractivity contribution in [3.05, 3.63) is 90.0 Å². The van der Waals surface area contributed by atoms with Crippen LogP contribution < -0.4 is 10.2 Å². The van der Waals surface area contributed by atoms with E-state index in [1.165, 1.54) is 16.9 Å². The Morgan fingerprint density at radius 1 is 1.17 bits per heavy atom. The highest BCUT2D eigenvalue weighted by Gasteiger charge is 2.76. The molecule has 0 unspecified atom stereocenters. The number of hydrogen-bond donors (Lipinski definition) is 2. The standard InChI is InChI=1S/C41H52ClN3O8/c1-7-10-19-32(47)43-29(24-51-6)36(27-16-12-11-13-17-27)52-40(50)33-31-20-21-41(53-31)34(33)38(48)45(30(23-46)25(4)9-3)37(41)39(49)44(22-8-2)35-26(5)15-14-18-28(35)42/h7-8,11-18,25,29-31,33-34,36-37,46H,1-2,9-10,19-24H2,3-6H3,(H,43,47)/t25-,29+,30-,31+,33-,34-,36+,37+,41-/m0/s1.